The Labute approximate surface area is 195 Å². The van der Waals surface area contributed by atoms with Gasteiger partial charge in [0.15, 0.2) is 0 Å². The first-order chi connectivity index (χ1) is 16.3. The second-order valence-corrected chi connectivity index (χ2v) is 8.64. The van der Waals surface area contributed by atoms with E-state index in [1.807, 2.05) is 6.07 Å². The molecule has 0 aromatic heterocycles. The molecule has 7 nitrogen and oxygen atoms in total. The third-order valence-electron chi connectivity index (χ3n) is 6.07. The largest absolute Gasteiger partial charge is 0.347 e. The predicted molar refractivity (Wildman–Crippen MR) is 118 cm³/mol. The Bertz CT molecular complexity index is 1080. The molecule has 0 spiro atoms. The normalized spacial score (nSPS) is 18.5. The summed E-state index contributed by atoms with van der Waals surface area (Å²) >= 11 is 0. The van der Waals surface area contributed by atoms with Crippen LogP contribution < -0.4 is 10.6 Å². The molecular formula is C25H25F2N3O4. The molecule has 9 heteroatoms. The van der Waals surface area contributed by atoms with Crippen molar-refractivity contribution in [3.05, 3.63) is 71.3 Å². The summed E-state index contributed by atoms with van der Waals surface area (Å²) < 4.78 is 28.3. The van der Waals surface area contributed by atoms with Crippen molar-refractivity contribution in [3.8, 4) is 0 Å². The van der Waals surface area contributed by atoms with Crippen molar-refractivity contribution < 1.29 is 28.0 Å². The van der Waals surface area contributed by atoms with Gasteiger partial charge in [0.05, 0.1) is 6.54 Å². The molecule has 1 aliphatic heterocycles. The Morgan fingerprint density at radius 1 is 0.971 bits per heavy atom. The standard InChI is InChI=1S/C25H25F2N3O4/c26-18-7-4-8-19(27)17(18)14-30-21(11-12-22(30)31)24(33)29-20(13-15-5-2-1-3-6-15)23(32)25(34)28-16-9-10-16/h1-8,16,20-21H,9-14H2,(H,28,34)(H,29,33)/t20-,21?/m1/s1. The molecule has 2 aromatic carbocycles. The van der Waals surface area contributed by atoms with Gasteiger partial charge in [-0.2, -0.15) is 0 Å². The molecule has 2 aliphatic rings. The van der Waals surface area contributed by atoms with E-state index in [1.54, 1.807) is 24.3 Å². The average molecular weight is 469 g/mol. The number of nitrogens with zero attached hydrogens (tertiary/aromatic N) is 1. The number of hydrogen-bond donors (Lipinski definition) is 2. The Balaban J connectivity index is 1.51. The highest BCUT2D eigenvalue weighted by molar-refractivity contribution is 6.38. The molecule has 3 amide bonds. The van der Waals surface area contributed by atoms with Gasteiger partial charge in [0.2, 0.25) is 17.6 Å². The Morgan fingerprint density at radius 3 is 2.29 bits per heavy atom. The van der Waals surface area contributed by atoms with Crippen molar-refractivity contribution in [3.63, 3.8) is 0 Å². The Morgan fingerprint density at radius 2 is 1.65 bits per heavy atom. The minimum Gasteiger partial charge on any atom is -0.347 e. The number of amides is 3. The summed E-state index contributed by atoms with van der Waals surface area (Å²) in [5, 5.41) is 5.25. The SMILES string of the molecule is O=C(NC1CC1)C(=O)[C@@H](Cc1ccccc1)NC(=O)C1CCC(=O)N1Cc1c(F)cccc1F. The van der Waals surface area contributed by atoms with Gasteiger partial charge in [-0.25, -0.2) is 8.78 Å². The van der Waals surface area contributed by atoms with Crippen LogP contribution in [0.1, 0.15) is 36.8 Å². The lowest BCUT2D eigenvalue weighted by molar-refractivity contribution is -0.141. The topological polar surface area (TPSA) is 95.6 Å². The molecule has 1 saturated heterocycles. The van der Waals surface area contributed by atoms with Crippen molar-refractivity contribution in [2.24, 2.45) is 0 Å². The summed E-state index contributed by atoms with van der Waals surface area (Å²) in [5.41, 5.74) is 0.435. The van der Waals surface area contributed by atoms with Crippen LogP contribution in [0.15, 0.2) is 48.5 Å². The predicted octanol–water partition coefficient (Wildman–Crippen LogP) is 2.03. The molecule has 2 aromatic rings. The van der Waals surface area contributed by atoms with E-state index in [0.717, 1.165) is 35.4 Å². The molecule has 2 atom stereocenters. The van der Waals surface area contributed by atoms with E-state index in [9.17, 15) is 28.0 Å². The molecular weight excluding hydrogens is 444 g/mol. The van der Waals surface area contributed by atoms with Crippen LogP contribution in [-0.4, -0.2) is 46.5 Å². The average Bonchev–Trinajstić information content (AvgIpc) is 3.56. The van der Waals surface area contributed by atoms with Crippen LogP contribution in [0.5, 0.6) is 0 Å². The Hall–Kier alpha value is -3.62. The van der Waals surface area contributed by atoms with Gasteiger partial charge in [0.25, 0.3) is 5.91 Å². The number of likely N-dealkylation sites (tertiary alicyclic amines) is 1. The second-order valence-electron chi connectivity index (χ2n) is 8.64. The number of rotatable bonds is 9. The van der Waals surface area contributed by atoms with Crippen LogP contribution in [0.3, 0.4) is 0 Å². The summed E-state index contributed by atoms with van der Waals surface area (Å²) in [6, 6.07) is 10.1. The highest BCUT2D eigenvalue weighted by Crippen LogP contribution is 2.24. The van der Waals surface area contributed by atoms with E-state index >= 15 is 0 Å². The fourth-order valence-electron chi connectivity index (χ4n) is 4.03. The quantitative estimate of drug-likeness (QED) is 0.550. The molecule has 1 saturated carbocycles. The fourth-order valence-corrected chi connectivity index (χ4v) is 4.03. The van der Waals surface area contributed by atoms with Crippen molar-refractivity contribution in [2.75, 3.05) is 0 Å². The number of halogens is 2. The molecule has 1 unspecified atom stereocenters. The van der Waals surface area contributed by atoms with Gasteiger partial charge in [-0.1, -0.05) is 36.4 Å². The number of nitrogens with one attached hydrogen (secondary N) is 2. The van der Waals surface area contributed by atoms with Crippen molar-refractivity contribution in [1.29, 1.82) is 0 Å². The van der Waals surface area contributed by atoms with E-state index in [-0.39, 0.29) is 30.9 Å². The number of carbonyl (C=O) groups is 4. The highest BCUT2D eigenvalue weighted by Gasteiger charge is 2.39. The summed E-state index contributed by atoms with van der Waals surface area (Å²) in [4.78, 5) is 52.0. The van der Waals surface area contributed by atoms with Gasteiger partial charge in [0, 0.05) is 24.4 Å². The van der Waals surface area contributed by atoms with Crippen molar-refractivity contribution >= 4 is 23.5 Å². The van der Waals surface area contributed by atoms with Crippen LogP contribution in [0.4, 0.5) is 8.78 Å². The molecule has 4 rings (SSSR count). The zero-order chi connectivity index (χ0) is 24.2. The molecule has 2 fully saturated rings. The summed E-state index contributed by atoms with van der Waals surface area (Å²) in [5.74, 6) is -4.23. The maximum Gasteiger partial charge on any atom is 0.289 e. The summed E-state index contributed by atoms with van der Waals surface area (Å²) in [7, 11) is 0. The van der Waals surface area contributed by atoms with E-state index in [2.05, 4.69) is 10.6 Å². The third kappa shape index (κ3) is 5.47. The van der Waals surface area contributed by atoms with E-state index < -0.39 is 53.8 Å². The lowest BCUT2D eigenvalue weighted by Crippen LogP contribution is -2.53. The van der Waals surface area contributed by atoms with E-state index in [0.29, 0.717) is 0 Å². The molecule has 2 N–H and O–H groups in total. The molecule has 34 heavy (non-hydrogen) atoms. The zero-order valence-corrected chi connectivity index (χ0v) is 18.4. The molecule has 178 valence electrons. The molecule has 0 radical (unpaired) electrons. The molecule has 0 bridgehead atoms. The zero-order valence-electron chi connectivity index (χ0n) is 18.4. The van der Waals surface area contributed by atoms with Crippen molar-refractivity contribution in [2.45, 2.75) is 56.8 Å². The minimum absolute atomic E-state index is 0.0249. The first-order valence-corrected chi connectivity index (χ1v) is 11.2. The van der Waals surface area contributed by atoms with Crippen LogP contribution in [0, 0.1) is 11.6 Å². The number of carbonyl (C=O) groups excluding carboxylic acids is 4. The lowest BCUT2D eigenvalue weighted by Gasteiger charge is -2.26. The van der Waals surface area contributed by atoms with E-state index in [4.69, 9.17) is 0 Å². The van der Waals surface area contributed by atoms with Gasteiger partial charge < -0.3 is 15.5 Å². The third-order valence-corrected chi connectivity index (χ3v) is 6.07. The maximum atomic E-state index is 14.1. The Kier molecular flexibility index (Phi) is 7.00. The smallest absolute Gasteiger partial charge is 0.289 e. The lowest BCUT2D eigenvalue weighted by atomic mass is 10.0. The van der Waals surface area contributed by atoms with Gasteiger partial charge in [-0.3, -0.25) is 19.2 Å². The monoisotopic (exact) mass is 469 g/mol. The van der Waals surface area contributed by atoms with Crippen LogP contribution in [0.25, 0.3) is 0 Å². The van der Waals surface area contributed by atoms with Crippen LogP contribution >= 0.6 is 0 Å². The number of hydrogen-bond acceptors (Lipinski definition) is 4. The first kappa shape index (κ1) is 23.5. The molecule has 1 heterocycles. The van der Waals surface area contributed by atoms with Crippen molar-refractivity contribution in [1.82, 2.24) is 15.5 Å². The number of Topliss-reactive ketones (excluding diaryl/α,β-unsaturated/α-hetero) is 1. The minimum atomic E-state index is -1.14. The van der Waals surface area contributed by atoms with Crippen LogP contribution in [0.2, 0.25) is 0 Å². The van der Waals surface area contributed by atoms with Gasteiger partial charge in [-0.15, -0.1) is 0 Å². The summed E-state index contributed by atoms with van der Waals surface area (Å²) in [6.45, 7) is -0.408. The first-order valence-electron chi connectivity index (χ1n) is 11.2. The fraction of sp³-hybridized carbons (Fsp3) is 0.360. The van der Waals surface area contributed by atoms with Crippen LogP contribution in [-0.2, 0) is 32.1 Å². The molecule has 1 aliphatic carbocycles. The van der Waals surface area contributed by atoms with Gasteiger partial charge in [-0.05, 0) is 37.0 Å². The maximum absolute atomic E-state index is 14.1. The highest BCUT2D eigenvalue weighted by atomic mass is 19.1. The summed E-state index contributed by atoms with van der Waals surface area (Å²) in [6.07, 6.45) is 1.88. The number of ketones is 1. The van der Waals surface area contributed by atoms with Gasteiger partial charge >= 0.3 is 0 Å². The second kappa shape index (κ2) is 10.1. The van der Waals surface area contributed by atoms with Gasteiger partial charge in [0.1, 0.15) is 23.7 Å². The number of benzene rings is 2. The van der Waals surface area contributed by atoms with E-state index in [1.165, 1.54) is 6.07 Å².